The largest absolute Gasteiger partial charge is 0.340 e. The van der Waals surface area contributed by atoms with Crippen molar-refractivity contribution in [2.45, 2.75) is 13.3 Å². The fourth-order valence-electron chi connectivity index (χ4n) is 3.63. The summed E-state index contributed by atoms with van der Waals surface area (Å²) in [5.74, 6) is 0.209. The Morgan fingerprint density at radius 2 is 1.67 bits per heavy atom. The quantitative estimate of drug-likeness (QED) is 0.592. The summed E-state index contributed by atoms with van der Waals surface area (Å²) in [6.45, 7) is 6.35. The molecule has 0 radical (unpaired) electrons. The highest BCUT2D eigenvalue weighted by Crippen LogP contribution is 2.28. The third-order valence-corrected chi connectivity index (χ3v) is 6.63. The molecule has 154 valence electrons. The van der Waals surface area contributed by atoms with Gasteiger partial charge in [-0.05, 0) is 12.5 Å². The molecule has 4 nitrogen and oxygen atoms in total. The number of benzene rings is 2. The lowest BCUT2D eigenvalue weighted by Gasteiger charge is -2.34. The lowest BCUT2D eigenvalue weighted by molar-refractivity contribution is -0.132. The van der Waals surface area contributed by atoms with Crippen molar-refractivity contribution >= 4 is 23.3 Å². The number of amides is 1. The van der Waals surface area contributed by atoms with Crippen LogP contribution in [-0.4, -0.2) is 53.4 Å². The third-order valence-electron chi connectivity index (χ3n) is 5.42. The molecule has 0 spiro atoms. The highest BCUT2D eigenvalue weighted by Gasteiger charge is 2.22. The maximum absolute atomic E-state index is 12.8. The summed E-state index contributed by atoms with van der Waals surface area (Å²) in [6, 6.07) is 20.5. The van der Waals surface area contributed by atoms with Crippen molar-refractivity contribution in [3.8, 4) is 10.6 Å². The van der Waals surface area contributed by atoms with Crippen LogP contribution in [0.5, 0.6) is 0 Å². The van der Waals surface area contributed by atoms with E-state index in [1.54, 1.807) is 11.3 Å². The van der Waals surface area contributed by atoms with Crippen molar-refractivity contribution < 1.29 is 4.79 Å². The van der Waals surface area contributed by atoms with Crippen LogP contribution < -0.4 is 0 Å². The molecule has 30 heavy (non-hydrogen) atoms. The highest BCUT2D eigenvalue weighted by atomic mass is 32.1. The fraction of sp³-hybridized carbons (Fsp3) is 0.280. The molecule has 0 unspecified atom stereocenters. The third kappa shape index (κ3) is 5.23. The summed E-state index contributed by atoms with van der Waals surface area (Å²) >= 11 is 1.64. The first-order valence-corrected chi connectivity index (χ1v) is 11.2. The van der Waals surface area contributed by atoms with Gasteiger partial charge in [-0.25, -0.2) is 4.98 Å². The van der Waals surface area contributed by atoms with Gasteiger partial charge in [0.05, 0.1) is 12.1 Å². The topological polar surface area (TPSA) is 36.4 Å². The van der Waals surface area contributed by atoms with Gasteiger partial charge in [-0.15, -0.1) is 11.3 Å². The van der Waals surface area contributed by atoms with Gasteiger partial charge in [0.2, 0.25) is 5.91 Å². The minimum absolute atomic E-state index is 0.209. The van der Waals surface area contributed by atoms with E-state index < -0.39 is 0 Å². The molecular formula is C25H27N3OS. The Kier molecular flexibility index (Phi) is 6.72. The number of hydrogen-bond donors (Lipinski definition) is 0. The summed E-state index contributed by atoms with van der Waals surface area (Å²) in [7, 11) is 0. The monoisotopic (exact) mass is 417 g/mol. The van der Waals surface area contributed by atoms with Gasteiger partial charge >= 0.3 is 0 Å². The number of carbonyl (C=O) groups excluding carboxylic acids is 1. The van der Waals surface area contributed by atoms with Gasteiger partial charge in [0.1, 0.15) is 5.01 Å². The average molecular weight is 418 g/mol. The smallest absolute Gasteiger partial charge is 0.227 e. The zero-order valence-electron chi connectivity index (χ0n) is 17.3. The van der Waals surface area contributed by atoms with E-state index >= 15 is 0 Å². The Morgan fingerprint density at radius 1 is 1.00 bits per heavy atom. The van der Waals surface area contributed by atoms with Gasteiger partial charge in [-0.2, -0.15) is 0 Å². The first kappa shape index (κ1) is 20.5. The lowest BCUT2D eigenvalue weighted by Crippen LogP contribution is -2.49. The maximum Gasteiger partial charge on any atom is 0.227 e. The molecule has 1 saturated heterocycles. The molecule has 0 aliphatic carbocycles. The second-order valence-electron chi connectivity index (χ2n) is 7.56. The molecule has 3 aromatic rings. The Hall–Kier alpha value is -2.76. The minimum Gasteiger partial charge on any atom is -0.340 e. The predicted molar refractivity (Wildman–Crippen MR) is 124 cm³/mol. The van der Waals surface area contributed by atoms with Gasteiger partial charge in [0.15, 0.2) is 0 Å². The molecule has 5 heteroatoms. The predicted octanol–water partition coefficient (Wildman–Crippen LogP) is 4.52. The Morgan fingerprint density at radius 3 is 2.37 bits per heavy atom. The fourth-order valence-corrected chi connectivity index (χ4v) is 4.69. The number of rotatable bonds is 6. The number of piperazine rings is 1. The standard InChI is InChI=1S/C25H27N3OS/c1-20-23(30-25(26-20)22-12-6-3-7-13-22)19-24(29)28-17-15-27(16-18-28)14-8-11-21-9-4-2-5-10-21/h2-13H,14-19H2,1H3. The summed E-state index contributed by atoms with van der Waals surface area (Å²) < 4.78 is 0. The van der Waals surface area contributed by atoms with Crippen LogP contribution in [0.2, 0.25) is 0 Å². The number of thiazole rings is 1. The molecule has 1 amide bonds. The molecule has 1 aromatic heterocycles. The molecule has 4 rings (SSSR count). The van der Waals surface area contributed by atoms with Crippen molar-refractivity contribution in [3.05, 3.63) is 82.9 Å². The highest BCUT2D eigenvalue weighted by molar-refractivity contribution is 7.15. The first-order chi connectivity index (χ1) is 14.7. The Balaban J connectivity index is 1.28. The van der Waals surface area contributed by atoms with E-state index in [1.807, 2.05) is 36.1 Å². The van der Waals surface area contributed by atoms with E-state index in [-0.39, 0.29) is 5.91 Å². The zero-order valence-corrected chi connectivity index (χ0v) is 18.1. The SMILES string of the molecule is Cc1nc(-c2ccccc2)sc1CC(=O)N1CCN(CC=Cc2ccccc2)CC1. The second-order valence-corrected chi connectivity index (χ2v) is 8.65. The lowest BCUT2D eigenvalue weighted by atomic mass is 10.2. The molecule has 1 aliphatic heterocycles. The number of hydrogen-bond acceptors (Lipinski definition) is 4. The van der Waals surface area contributed by atoms with Crippen LogP contribution in [-0.2, 0) is 11.2 Å². The van der Waals surface area contributed by atoms with Gasteiger partial charge in [-0.3, -0.25) is 9.69 Å². The molecule has 2 heterocycles. The number of aryl methyl sites for hydroxylation is 1. The van der Waals surface area contributed by atoms with Crippen LogP contribution >= 0.6 is 11.3 Å². The van der Waals surface area contributed by atoms with Gasteiger partial charge < -0.3 is 4.90 Å². The minimum atomic E-state index is 0.209. The maximum atomic E-state index is 12.8. The normalized spacial score (nSPS) is 15.0. The number of aromatic nitrogens is 1. The molecule has 0 bridgehead atoms. The van der Waals surface area contributed by atoms with Gasteiger partial charge in [0, 0.05) is 43.2 Å². The first-order valence-electron chi connectivity index (χ1n) is 10.4. The number of carbonyl (C=O) groups is 1. The molecule has 0 atom stereocenters. The van der Waals surface area contributed by atoms with Crippen molar-refractivity contribution in [2.24, 2.45) is 0 Å². The molecule has 0 saturated carbocycles. The van der Waals surface area contributed by atoms with Crippen LogP contribution in [0.25, 0.3) is 16.6 Å². The van der Waals surface area contributed by atoms with Gasteiger partial charge in [-0.1, -0.05) is 72.8 Å². The van der Waals surface area contributed by atoms with E-state index in [0.29, 0.717) is 6.42 Å². The summed E-state index contributed by atoms with van der Waals surface area (Å²) in [6.07, 6.45) is 4.82. The van der Waals surface area contributed by atoms with Crippen LogP contribution in [0, 0.1) is 6.92 Å². The van der Waals surface area contributed by atoms with E-state index in [9.17, 15) is 4.79 Å². The van der Waals surface area contributed by atoms with Crippen molar-refractivity contribution in [1.82, 2.24) is 14.8 Å². The van der Waals surface area contributed by atoms with E-state index in [1.165, 1.54) is 5.56 Å². The molecule has 0 N–H and O–H groups in total. The van der Waals surface area contributed by atoms with Crippen LogP contribution in [0.3, 0.4) is 0 Å². The van der Waals surface area contributed by atoms with E-state index in [0.717, 1.165) is 53.9 Å². The van der Waals surface area contributed by atoms with Crippen molar-refractivity contribution in [2.75, 3.05) is 32.7 Å². The average Bonchev–Trinajstić information content (AvgIpc) is 3.16. The summed E-state index contributed by atoms with van der Waals surface area (Å²) in [5, 5.41) is 0.992. The second kappa shape index (κ2) is 9.83. The molecule has 2 aromatic carbocycles. The Bertz CT molecular complexity index is 990. The van der Waals surface area contributed by atoms with Crippen LogP contribution in [0.4, 0.5) is 0 Å². The Labute approximate surface area is 182 Å². The van der Waals surface area contributed by atoms with Crippen LogP contribution in [0.1, 0.15) is 16.1 Å². The molecule has 1 fully saturated rings. The summed E-state index contributed by atoms with van der Waals surface area (Å²) in [5.41, 5.74) is 3.31. The van der Waals surface area contributed by atoms with E-state index in [2.05, 4.69) is 58.4 Å². The molecular weight excluding hydrogens is 390 g/mol. The van der Waals surface area contributed by atoms with Crippen molar-refractivity contribution in [3.63, 3.8) is 0 Å². The van der Waals surface area contributed by atoms with Crippen molar-refractivity contribution in [1.29, 1.82) is 0 Å². The van der Waals surface area contributed by atoms with Gasteiger partial charge in [0.25, 0.3) is 0 Å². The van der Waals surface area contributed by atoms with E-state index in [4.69, 9.17) is 0 Å². The summed E-state index contributed by atoms with van der Waals surface area (Å²) in [4.78, 5) is 23.0. The zero-order chi connectivity index (χ0) is 20.8. The number of nitrogens with zero attached hydrogens (tertiary/aromatic N) is 3. The van der Waals surface area contributed by atoms with Crippen LogP contribution in [0.15, 0.2) is 66.7 Å². The molecule has 1 aliphatic rings.